The van der Waals surface area contributed by atoms with E-state index in [0.29, 0.717) is 32.4 Å². The Morgan fingerprint density at radius 3 is 2.62 bits per heavy atom. The highest BCUT2D eigenvalue weighted by Crippen LogP contribution is 2.22. The fourth-order valence-electron chi connectivity index (χ4n) is 2.89. The highest BCUT2D eigenvalue weighted by molar-refractivity contribution is 5.90. The van der Waals surface area contributed by atoms with Crippen molar-refractivity contribution < 1.29 is 14.7 Å². The number of benzene rings is 1. The summed E-state index contributed by atoms with van der Waals surface area (Å²) in [7, 11) is 0. The maximum absolute atomic E-state index is 12.4. The monoisotopic (exact) mass is 332 g/mol. The zero-order chi connectivity index (χ0) is 17.7. The maximum atomic E-state index is 12.4. The first-order valence-electron chi connectivity index (χ1n) is 8.69. The Balaban J connectivity index is 1.91. The molecule has 2 rings (SSSR count). The predicted octanol–water partition coefficient (Wildman–Crippen LogP) is 2.01. The molecule has 24 heavy (non-hydrogen) atoms. The van der Waals surface area contributed by atoms with Crippen molar-refractivity contribution in [1.29, 1.82) is 0 Å². The lowest BCUT2D eigenvalue weighted by atomic mass is 10.0. The van der Waals surface area contributed by atoms with Crippen molar-refractivity contribution in [3.8, 4) is 0 Å². The van der Waals surface area contributed by atoms with Gasteiger partial charge in [-0.25, -0.2) is 0 Å². The summed E-state index contributed by atoms with van der Waals surface area (Å²) in [4.78, 5) is 26.2. The van der Waals surface area contributed by atoms with Gasteiger partial charge < -0.3 is 15.3 Å². The molecule has 2 unspecified atom stereocenters. The Bertz CT molecular complexity index is 568. The Morgan fingerprint density at radius 2 is 2.00 bits per heavy atom. The number of hydrogen-bond acceptors (Lipinski definition) is 3. The van der Waals surface area contributed by atoms with Crippen LogP contribution in [0.4, 0.5) is 0 Å². The largest absolute Gasteiger partial charge is 0.393 e. The lowest BCUT2D eigenvalue weighted by Gasteiger charge is -2.24. The number of aryl methyl sites for hydroxylation is 1. The predicted molar refractivity (Wildman–Crippen MR) is 93.2 cm³/mol. The second-order valence-electron chi connectivity index (χ2n) is 6.95. The minimum atomic E-state index is -0.417. The molecule has 2 N–H and O–H groups in total. The van der Waals surface area contributed by atoms with Gasteiger partial charge in [0.15, 0.2) is 0 Å². The number of amides is 2. The molecule has 1 saturated heterocycles. The number of hydrogen-bond donors (Lipinski definition) is 2. The number of aliphatic hydroxyl groups is 1. The molecule has 0 aromatic heterocycles. The third-order valence-electron chi connectivity index (χ3n) is 4.61. The first kappa shape index (κ1) is 18.5. The fourth-order valence-corrected chi connectivity index (χ4v) is 2.89. The standard InChI is InChI=1S/C19H28N2O3/c1-13(2)17(22)10-11-20-19(24)16-8-9-18(23)21(16)12-15-6-4-14(3)5-7-15/h4-7,13,16-17,22H,8-12H2,1-3H3,(H,20,24). The number of rotatable bonds is 7. The van der Waals surface area contributed by atoms with Crippen molar-refractivity contribution in [3.63, 3.8) is 0 Å². The van der Waals surface area contributed by atoms with Gasteiger partial charge in [-0.1, -0.05) is 43.7 Å². The normalized spacial score (nSPS) is 19.0. The van der Waals surface area contributed by atoms with Gasteiger partial charge >= 0.3 is 0 Å². The Kier molecular flexibility index (Phi) is 6.37. The molecule has 0 aliphatic carbocycles. The van der Waals surface area contributed by atoms with E-state index in [0.717, 1.165) is 5.56 Å². The SMILES string of the molecule is Cc1ccc(CN2C(=O)CCC2C(=O)NCCC(O)C(C)C)cc1. The zero-order valence-electron chi connectivity index (χ0n) is 14.8. The molecule has 0 radical (unpaired) electrons. The highest BCUT2D eigenvalue weighted by Gasteiger charge is 2.35. The summed E-state index contributed by atoms with van der Waals surface area (Å²) in [6.07, 6.45) is 1.09. The number of likely N-dealkylation sites (tertiary alicyclic amines) is 1. The van der Waals surface area contributed by atoms with Crippen LogP contribution in [0.15, 0.2) is 24.3 Å². The van der Waals surface area contributed by atoms with Gasteiger partial charge in [0, 0.05) is 19.5 Å². The van der Waals surface area contributed by atoms with Crippen LogP contribution in [-0.4, -0.2) is 40.5 Å². The summed E-state index contributed by atoms with van der Waals surface area (Å²) >= 11 is 0. The first-order valence-corrected chi connectivity index (χ1v) is 8.69. The molecule has 0 spiro atoms. The van der Waals surface area contributed by atoms with Gasteiger partial charge in [-0.05, 0) is 31.2 Å². The third kappa shape index (κ3) is 4.81. The Morgan fingerprint density at radius 1 is 1.33 bits per heavy atom. The molecule has 1 aromatic rings. The van der Waals surface area contributed by atoms with Crippen LogP contribution in [0.2, 0.25) is 0 Å². The smallest absolute Gasteiger partial charge is 0.242 e. The average molecular weight is 332 g/mol. The van der Waals surface area contributed by atoms with Gasteiger partial charge in [-0.3, -0.25) is 9.59 Å². The van der Waals surface area contributed by atoms with Gasteiger partial charge in [0.2, 0.25) is 11.8 Å². The molecule has 1 aliphatic rings. The second kappa shape index (κ2) is 8.29. The van der Waals surface area contributed by atoms with E-state index in [1.807, 2.05) is 45.0 Å². The van der Waals surface area contributed by atoms with Gasteiger partial charge in [-0.2, -0.15) is 0 Å². The Hall–Kier alpha value is -1.88. The molecule has 1 heterocycles. The van der Waals surface area contributed by atoms with E-state index in [4.69, 9.17) is 0 Å². The van der Waals surface area contributed by atoms with Crippen molar-refractivity contribution in [2.45, 2.75) is 58.7 Å². The molecule has 2 amide bonds. The van der Waals surface area contributed by atoms with Crippen molar-refractivity contribution in [3.05, 3.63) is 35.4 Å². The van der Waals surface area contributed by atoms with Crippen LogP contribution in [0.1, 0.15) is 44.2 Å². The molecular formula is C19H28N2O3. The average Bonchev–Trinajstić information content (AvgIpc) is 2.90. The maximum Gasteiger partial charge on any atom is 0.242 e. The van der Waals surface area contributed by atoms with Crippen LogP contribution in [-0.2, 0) is 16.1 Å². The molecule has 0 bridgehead atoms. The van der Waals surface area contributed by atoms with Crippen LogP contribution < -0.4 is 5.32 Å². The lowest BCUT2D eigenvalue weighted by Crippen LogP contribution is -2.45. The van der Waals surface area contributed by atoms with E-state index < -0.39 is 12.1 Å². The molecular weight excluding hydrogens is 304 g/mol. The van der Waals surface area contributed by atoms with Crippen LogP contribution in [0, 0.1) is 12.8 Å². The first-order chi connectivity index (χ1) is 11.4. The topological polar surface area (TPSA) is 69.6 Å². The van der Waals surface area contributed by atoms with Gasteiger partial charge in [-0.15, -0.1) is 0 Å². The molecule has 2 atom stereocenters. The van der Waals surface area contributed by atoms with Crippen LogP contribution in [0.25, 0.3) is 0 Å². The summed E-state index contributed by atoms with van der Waals surface area (Å²) in [6, 6.07) is 7.61. The van der Waals surface area contributed by atoms with Crippen LogP contribution >= 0.6 is 0 Å². The number of nitrogens with one attached hydrogen (secondary N) is 1. The van der Waals surface area contributed by atoms with Crippen LogP contribution in [0.3, 0.4) is 0 Å². The zero-order valence-corrected chi connectivity index (χ0v) is 14.8. The summed E-state index contributed by atoms with van der Waals surface area (Å²) in [5.41, 5.74) is 2.20. The minimum absolute atomic E-state index is 0.0259. The van der Waals surface area contributed by atoms with Crippen LogP contribution in [0.5, 0.6) is 0 Å². The molecule has 5 nitrogen and oxygen atoms in total. The summed E-state index contributed by atoms with van der Waals surface area (Å²) < 4.78 is 0. The number of carbonyl (C=O) groups is 2. The molecule has 132 valence electrons. The van der Waals surface area contributed by atoms with Crippen molar-refractivity contribution in [2.75, 3.05) is 6.54 Å². The van der Waals surface area contributed by atoms with E-state index in [-0.39, 0.29) is 17.7 Å². The van der Waals surface area contributed by atoms with Crippen molar-refractivity contribution in [2.24, 2.45) is 5.92 Å². The molecule has 0 saturated carbocycles. The second-order valence-corrected chi connectivity index (χ2v) is 6.95. The van der Waals surface area contributed by atoms with Gasteiger partial charge in [0.05, 0.1) is 6.10 Å². The summed E-state index contributed by atoms with van der Waals surface area (Å²) in [5, 5.41) is 12.7. The quantitative estimate of drug-likeness (QED) is 0.802. The molecule has 1 aliphatic heterocycles. The lowest BCUT2D eigenvalue weighted by molar-refractivity contribution is -0.135. The van der Waals surface area contributed by atoms with Gasteiger partial charge in [0.25, 0.3) is 0 Å². The van der Waals surface area contributed by atoms with E-state index in [2.05, 4.69) is 5.32 Å². The molecule has 1 aromatic carbocycles. The summed E-state index contributed by atoms with van der Waals surface area (Å²) in [5.74, 6) is 0.0786. The van der Waals surface area contributed by atoms with Crippen molar-refractivity contribution in [1.82, 2.24) is 10.2 Å². The number of nitrogens with zero attached hydrogens (tertiary/aromatic N) is 1. The minimum Gasteiger partial charge on any atom is -0.393 e. The Labute approximate surface area is 144 Å². The van der Waals surface area contributed by atoms with E-state index in [1.54, 1.807) is 4.90 Å². The third-order valence-corrected chi connectivity index (χ3v) is 4.61. The fraction of sp³-hybridized carbons (Fsp3) is 0.579. The number of carbonyl (C=O) groups excluding carboxylic acids is 2. The van der Waals surface area contributed by atoms with Gasteiger partial charge in [0.1, 0.15) is 6.04 Å². The van der Waals surface area contributed by atoms with E-state index >= 15 is 0 Å². The molecule has 1 fully saturated rings. The van der Waals surface area contributed by atoms with E-state index in [1.165, 1.54) is 5.56 Å². The molecule has 5 heteroatoms. The highest BCUT2D eigenvalue weighted by atomic mass is 16.3. The van der Waals surface area contributed by atoms with E-state index in [9.17, 15) is 14.7 Å². The number of aliphatic hydroxyl groups excluding tert-OH is 1. The summed E-state index contributed by atoms with van der Waals surface area (Å²) in [6.45, 7) is 6.82. The van der Waals surface area contributed by atoms with Crippen molar-refractivity contribution >= 4 is 11.8 Å².